The molecule has 0 aliphatic rings. The van der Waals surface area contributed by atoms with E-state index >= 15 is 0 Å². The number of hydrazine groups is 1. The van der Waals surface area contributed by atoms with Crippen LogP contribution in [-0.2, 0) is 0 Å². The summed E-state index contributed by atoms with van der Waals surface area (Å²) in [6.45, 7) is -0.219. The molecular formula is C3H9Cl2F3N2. The third-order valence-corrected chi connectivity index (χ3v) is 0.553. The second-order valence-electron chi connectivity index (χ2n) is 1.32. The van der Waals surface area contributed by atoms with Gasteiger partial charge in [0.05, 0.1) is 6.42 Å². The zero-order chi connectivity index (χ0) is 6.62. The Kier molecular flexibility index (Phi) is 12.4. The van der Waals surface area contributed by atoms with Crippen molar-refractivity contribution in [3.05, 3.63) is 0 Å². The molecule has 0 amide bonds. The number of alkyl halides is 3. The Morgan fingerprint density at radius 3 is 1.70 bits per heavy atom. The van der Waals surface area contributed by atoms with Gasteiger partial charge in [0.15, 0.2) is 0 Å². The second kappa shape index (κ2) is 7.40. The molecule has 0 rings (SSSR count). The van der Waals surface area contributed by atoms with Crippen molar-refractivity contribution in [1.29, 1.82) is 0 Å². The van der Waals surface area contributed by atoms with E-state index in [2.05, 4.69) is 5.84 Å². The van der Waals surface area contributed by atoms with Crippen LogP contribution in [0.15, 0.2) is 0 Å². The lowest BCUT2D eigenvalue weighted by Gasteiger charge is -2.02. The molecule has 0 spiro atoms. The van der Waals surface area contributed by atoms with Crippen LogP contribution >= 0.6 is 24.8 Å². The summed E-state index contributed by atoms with van der Waals surface area (Å²) in [6, 6.07) is 0. The summed E-state index contributed by atoms with van der Waals surface area (Å²) in [5.41, 5.74) is 1.90. The Morgan fingerprint density at radius 1 is 1.20 bits per heavy atom. The topological polar surface area (TPSA) is 38.0 Å². The van der Waals surface area contributed by atoms with Gasteiger partial charge in [0.25, 0.3) is 0 Å². The summed E-state index contributed by atoms with van der Waals surface area (Å²) in [4.78, 5) is 0. The van der Waals surface area contributed by atoms with Gasteiger partial charge in [-0.05, 0) is 0 Å². The van der Waals surface area contributed by atoms with Gasteiger partial charge in [-0.3, -0.25) is 11.3 Å². The van der Waals surface area contributed by atoms with Gasteiger partial charge < -0.3 is 0 Å². The van der Waals surface area contributed by atoms with Gasteiger partial charge in [-0.1, -0.05) is 0 Å². The van der Waals surface area contributed by atoms with Gasteiger partial charge in [-0.25, -0.2) is 0 Å². The van der Waals surface area contributed by atoms with Crippen LogP contribution in [0.3, 0.4) is 0 Å². The highest BCUT2D eigenvalue weighted by Gasteiger charge is 2.25. The normalized spacial score (nSPS) is 9.60. The number of rotatable bonds is 2. The van der Waals surface area contributed by atoms with Crippen LogP contribution in [0.25, 0.3) is 0 Å². The zero-order valence-electron chi connectivity index (χ0n) is 4.94. The highest BCUT2D eigenvalue weighted by atomic mass is 35.5. The lowest BCUT2D eigenvalue weighted by Crippen LogP contribution is -2.27. The molecule has 0 unspecified atom stereocenters. The number of nitrogens with one attached hydrogen (secondary N) is 1. The Bertz CT molecular complexity index is 67.3. The van der Waals surface area contributed by atoms with Crippen LogP contribution < -0.4 is 11.3 Å². The van der Waals surface area contributed by atoms with Crippen molar-refractivity contribution in [3.63, 3.8) is 0 Å². The maximum absolute atomic E-state index is 11.1. The molecule has 0 fully saturated rings. The minimum absolute atomic E-state index is 0. The van der Waals surface area contributed by atoms with Gasteiger partial charge >= 0.3 is 6.18 Å². The maximum Gasteiger partial charge on any atom is 0.390 e. The zero-order valence-corrected chi connectivity index (χ0v) is 6.57. The van der Waals surface area contributed by atoms with Crippen molar-refractivity contribution in [3.8, 4) is 0 Å². The smallest absolute Gasteiger partial charge is 0.271 e. The van der Waals surface area contributed by atoms with E-state index in [1.165, 1.54) is 0 Å². The molecule has 0 aliphatic carbocycles. The van der Waals surface area contributed by atoms with Crippen LogP contribution in [0.1, 0.15) is 6.42 Å². The van der Waals surface area contributed by atoms with E-state index in [0.717, 1.165) is 0 Å². The molecule has 0 aliphatic heterocycles. The molecular weight excluding hydrogens is 192 g/mol. The molecule has 0 aromatic heterocycles. The predicted octanol–water partition coefficient (Wildman–Crippen LogP) is 1.25. The predicted molar refractivity (Wildman–Crippen MR) is 37.4 cm³/mol. The monoisotopic (exact) mass is 200 g/mol. The van der Waals surface area contributed by atoms with Crippen LogP contribution in [0.5, 0.6) is 0 Å². The first-order valence-corrected chi connectivity index (χ1v) is 2.06. The molecule has 0 heterocycles. The highest BCUT2D eigenvalue weighted by molar-refractivity contribution is 5.85. The molecule has 0 saturated carbocycles. The maximum atomic E-state index is 11.1. The first kappa shape index (κ1) is 16.7. The fourth-order valence-corrected chi connectivity index (χ4v) is 0.214. The van der Waals surface area contributed by atoms with E-state index in [1.54, 1.807) is 0 Å². The van der Waals surface area contributed by atoms with Gasteiger partial charge in [-0.15, -0.1) is 24.8 Å². The molecule has 3 N–H and O–H groups in total. The number of hydrogen-bond donors (Lipinski definition) is 2. The summed E-state index contributed by atoms with van der Waals surface area (Å²) < 4.78 is 33.4. The van der Waals surface area contributed by atoms with Crippen LogP contribution in [0.2, 0.25) is 0 Å². The Hall–Kier alpha value is 0.290. The first-order valence-electron chi connectivity index (χ1n) is 2.06. The first-order chi connectivity index (χ1) is 3.56. The number of nitrogens with two attached hydrogens (primary N) is 1. The van der Waals surface area contributed by atoms with Gasteiger partial charge in [0, 0.05) is 6.54 Å². The quantitative estimate of drug-likeness (QED) is 0.521. The summed E-state index contributed by atoms with van der Waals surface area (Å²) >= 11 is 0. The minimum atomic E-state index is -4.09. The Labute approximate surface area is 69.1 Å². The standard InChI is InChI=1S/C3H7F3N2.2ClH/c4-3(5,6)1-2-8-7;;/h8H,1-2,7H2;2*1H. The van der Waals surface area contributed by atoms with Crippen molar-refractivity contribution >= 4 is 24.8 Å². The molecule has 0 radical (unpaired) electrons. The summed E-state index contributed by atoms with van der Waals surface area (Å²) in [5, 5.41) is 0. The molecule has 0 aromatic rings. The van der Waals surface area contributed by atoms with E-state index in [1.807, 2.05) is 5.43 Å². The third-order valence-electron chi connectivity index (χ3n) is 0.553. The van der Waals surface area contributed by atoms with Crippen molar-refractivity contribution in [2.75, 3.05) is 6.54 Å². The van der Waals surface area contributed by atoms with E-state index in [4.69, 9.17) is 0 Å². The molecule has 7 heteroatoms. The van der Waals surface area contributed by atoms with E-state index in [0.29, 0.717) is 0 Å². The van der Waals surface area contributed by atoms with Crippen LogP contribution in [-0.4, -0.2) is 12.7 Å². The fraction of sp³-hybridized carbons (Fsp3) is 1.00. The second-order valence-corrected chi connectivity index (χ2v) is 1.32. The van der Waals surface area contributed by atoms with Crippen molar-refractivity contribution in [2.45, 2.75) is 12.6 Å². The van der Waals surface area contributed by atoms with Crippen LogP contribution in [0.4, 0.5) is 13.2 Å². The average molecular weight is 201 g/mol. The van der Waals surface area contributed by atoms with Gasteiger partial charge in [0.2, 0.25) is 0 Å². The lowest BCUT2D eigenvalue weighted by atomic mass is 10.4. The minimum Gasteiger partial charge on any atom is -0.271 e. The Morgan fingerprint density at radius 2 is 1.60 bits per heavy atom. The average Bonchev–Trinajstić information content (AvgIpc) is 1.59. The van der Waals surface area contributed by atoms with Crippen molar-refractivity contribution in [2.24, 2.45) is 5.84 Å². The highest BCUT2D eigenvalue weighted by Crippen LogP contribution is 2.17. The summed E-state index contributed by atoms with van der Waals surface area (Å²) in [5.74, 6) is 4.59. The van der Waals surface area contributed by atoms with Gasteiger partial charge in [0.1, 0.15) is 0 Å². The third kappa shape index (κ3) is 15.7. The molecule has 0 bridgehead atoms. The van der Waals surface area contributed by atoms with Crippen molar-refractivity contribution < 1.29 is 13.2 Å². The van der Waals surface area contributed by atoms with Crippen LogP contribution in [0, 0.1) is 0 Å². The molecule has 10 heavy (non-hydrogen) atoms. The lowest BCUT2D eigenvalue weighted by molar-refractivity contribution is -0.133. The molecule has 0 saturated heterocycles. The number of halogens is 5. The molecule has 0 aromatic carbocycles. The SMILES string of the molecule is Cl.Cl.NNCCC(F)(F)F. The largest absolute Gasteiger partial charge is 0.390 e. The number of hydrogen-bond acceptors (Lipinski definition) is 2. The Balaban J connectivity index is -0.000000245. The molecule has 2 nitrogen and oxygen atoms in total. The molecule has 0 atom stereocenters. The summed E-state index contributed by atoms with van der Waals surface area (Å²) in [6.07, 6.45) is -4.96. The van der Waals surface area contributed by atoms with E-state index in [9.17, 15) is 13.2 Å². The van der Waals surface area contributed by atoms with Crippen molar-refractivity contribution in [1.82, 2.24) is 5.43 Å². The fourth-order valence-electron chi connectivity index (χ4n) is 0.214. The van der Waals surface area contributed by atoms with E-state index < -0.39 is 12.6 Å². The summed E-state index contributed by atoms with van der Waals surface area (Å²) in [7, 11) is 0. The van der Waals surface area contributed by atoms with E-state index in [-0.39, 0.29) is 31.4 Å². The van der Waals surface area contributed by atoms with Gasteiger partial charge in [-0.2, -0.15) is 13.2 Å². The molecule has 66 valence electrons.